The van der Waals surface area contributed by atoms with Crippen LogP contribution in [0, 0.1) is 5.92 Å². The second-order valence-corrected chi connectivity index (χ2v) is 10.3. The van der Waals surface area contributed by atoms with Crippen LogP contribution in [0.2, 0.25) is 0 Å². The minimum Gasteiger partial charge on any atom is -0.481 e. The van der Waals surface area contributed by atoms with Crippen molar-refractivity contribution < 1.29 is 32.6 Å². The van der Waals surface area contributed by atoms with E-state index in [1.165, 1.54) is 24.1 Å². The molecule has 10 heteroatoms. The molecule has 3 rings (SSSR count). The molecule has 1 amide bonds. The number of aliphatic carboxylic acids is 1. The van der Waals surface area contributed by atoms with Gasteiger partial charge in [0.2, 0.25) is 15.9 Å². The molecule has 9 nitrogen and oxygen atoms in total. The Morgan fingerprint density at radius 2 is 1.76 bits per heavy atom. The zero-order valence-electron chi connectivity index (χ0n) is 19.1. The van der Waals surface area contributed by atoms with Crippen molar-refractivity contribution >= 4 is 38.6 Å². The first-order valence-electron chi connectivity index (χ1n) is 11.3. The second-order valence-electron chi connectivity index (χ2n) is 8.58. The highest BCUT2D eigenvalue weighted by molar-refractivity contribution is 7.89. The Kier molecular flexibility index (Phi) is 8.62. The average Bonchev–Trinajstić information content (AvgIpc) is 2.82. The minimum absolute atomic E-state index is 0.0822. The number of esters is 1. The number of nitrogens with one attached hydrogen (secondary N) is 1. The molecule has 184 valence electrons. The molecule has 1 fully saturated rings. The number of carboxylic acid groups (broad SMARTS) is 1. The fraction of sp³-hybridized carbons (Fsp3) is 0.458. The third-order valence-electron chi connectivity index (χ3n) is 6.07. The molecule has 2 N–H and O–H groups in total. The number of carboxylic acids is 1. The Morgan fingerprint density at radius 1 is 1.09 bits per heavy atom. The van der Waals surface area contributed by atoms with Crippen LogP contribution in [0.15, 0.2) is 47.4 Å². The molecule has 0 spiro atoms. The van der Waals surface area contributed by atoms with Crippen LogP contribution in [-0.2, 0) is 29.1 Å². The molecule has 0 bridgehead atoms. The van der Waals surface area contributed by atoms with Crippen LogP contribution >= 0.6 is 0 Å². The summed E-state index contributed by atoms with van der Waals surface area (Å²) in [5, 5.41) is 10.9. The first-order valence-corrected chi connectivity index (χ1v) is 12.8. The maximum Gasteiger partial charge on any atom is 0.325 e. The standard InChI is InChI=1S/C24H30N2O7S/c1-33-23(29)16-26(15-17-7-3-2-4-8-17)24(30)21(14-22(27)28)25-34(31,32)20-12-11-18-9-5-6-10-19(18)13-20/h5-6,9-13,17,21,25H,2-4,7-8,14-16H2,1H3,(H,27,28)/t21-/m0/s1. The molecule has 0 aromatic heterocycles. The molecule has 0 saturated heterocycles. The van der Waals surface area contributed by atoms with Crippen molar-refractivity contribution in [2.24, 2.45) is 5.92 Å². The van der Waals surface area contributed by atoms with Crippen molar-refractivity contribution in [3.63, 3.8) is 0 Å². The van der Waals surface area contributed by atoms with E-state index in [1.807, 2.05) is 12.1 Å². The van der Waals surface area contributed by atoms with E-state index in [0.717, 1.165) is 37.5 Å². The molecular weight excluding hydrogens is 460 g/mol. The smallest absolute Gasteiger partial charge is 0.325 e. The molecule has 1 aliphatic carbocycles. The van der Waals surface area contributed by atoms with Gasteiger partial charge in [-0.25, -0.2) is 8.42 Å². The van der Waals surface area contributed by atoms with Gasteiger partial charge < -0.3 is 14.7 Å². The van der Waals surface area contributed by atoms with E-state index in [-0.39, 0.29) is 23.9 Å². The third kappa shape index (κ3) is 6.77. The number of rotatable bonds is 10. The lowest BCUT2D eigenvalue weighted by Crippen LogP contribution is -2.52. The highest BCUT2D eigenvalue weighted by Gasteiger charge is 2.33. The van der Waals surface area contributed by atoms with Gasteiger partial charge in [0.05, 0.1) is 18.4 Å². The van der Waals surface area contributed by atoms with Crippen molar-refractivity contribution in [2.75, 3.05) is 20.2 Å². The number of carbonyl (C=O) groups is 3. The molecular formula is C24H30N2O7S. The summed E-state index contributed by atoms with van der Waals surface area (Å²) in [6.07, 6.45) is 4.15. The molecule has 0 heterocycles. The zero-order chi connectivity index (χ0) is 24.7. The summed E-state index contributed by atoms with van der Waals surface area (Å²) in [4.78, 5) is 38.0. The number of hydrogen-bond donors (Lipinski definition) is 2. The fourth-order valence-electron chi connectivity index (χ4n) is 4.30. The van der Waals surface area contributed by atoms with Crippen LogP contribution in [0.3, 0.4) is 0 Å². The second kappa shape index (κ2) is 11.4. The zero-order valence-corrected chi connectivity index (χ0v) is 19.9. The van der Waals surface area contributed by atoms with Crippen LogP contribution in [-0.4, -0.2) is 62.5 Å². The maximum absolute atomic E-state index is 13.4. The van der Waals surface area contributed by atoms with Gasteiger partial charge in [0.1, 0.15) is 12.6 Å². The van der Waals surface area contributed by atoms with Crippen LogP contribution < -0.4 is 4.72 Å². The van der Waals surface area contributed by atoms with Gasteiger partial charge in [-0.05, 0) is 41.7 Å². The Balaban J connectivity index is 1.86. The molecule has 1 aliphatic rings. The number of amides is 1. The Hall–Kier alpha value is -2.98. The highest BCUT2D eigenvalue weighted by Crippen LogP contribution is 2.25. The van der Waals surface area contributed by atoms with E-state index < -0.39 is 40.3 Å². The molecule has 2 aromatic rings. The van der Waals surface area contributed by atoms with Crippen molar-refractivity contribution in [3.05, 3.63) is 42.5 Å². The summed E-state index contributed by atoms with van der Waals surface area (Å²) in [5.74, 6) is -2.60. The lowest BCUT2D eigenvalue weighted by molar-refractivity contribution is -0.149. The largest absolute Gasteiger partial charge is 0.481 e. The Labute approximate surface area is 199 Å². The summed E-state index contributed by atoms with van der Waals surface area (Å²) in [6, 6.07) is 10.2. The summed E-state index contributed by atoms with van der Waals surface area (Å²) >= 11 is 0. The number of fused-ring (bicyclic) bond motifs is 1. The molecule has 1 saturated carbocycles. The van der Waals surface area contributed by atoms with Crippen LogP contribution in [0.5, 0.6) is 0 Å². The molecule has 34 heavy (non-hydrogen) atoms. The van der Waals surface area contributed by atoms with Crippen molar-refractivity contribution in [2.45, 2.75) is 49.5 Å². The normalized spacial score (nSPS) is 15.6. The average molecular weight is 491 g/mol. The number of benzene rings is 2. The Morgan fingerprint density at radius 3 is 2.41 bits per heavy atom. The molecule has 0 unspecified atom stereocenters. The van der Waals surface area contributed by atoms with E-state index >= 15 is 0 Å². The predicted molar refractivity (Wildman–Crippen MR) is 125 cm³/mol. The van der Waals surface area contributed by atoms with Gasteiger partial charge >= 0.3 is 11.9 Å². The SMILES string of the molecule is COC(=O)CN(CC1CCCCC1)C(=O)[C@H](CC(=O)O)NS(=O)(=O)c1ccc2ccccc2c1. The van der Waals surface area contributed by atoms with E-state index in [1.54, 1.807) is 18.2 Å². The number of ether oxygens (including phenoxy) is 1. The van der Waals surface area contributed by atoms with Crippen LogP contribution in [0.25, 0.3) is 10.8 Å². The molecule has 1 atom stereocenters. The van der Waals surface area contributed by atoms with E-state index in [4.69, 9.17) is 4.74 Å². The summed E-state index contributed by atoms with van der Waals surface area (Å²) in [6.45, 7) is -0.137. The first kappa shape index (κ1) is 25.6. The maximum atomic E-state index is 13.4. The number of sulfonamides is 1. The van der Waals surface area contributed by atoms with Gasteiger partial charge in [-0.15, -0.1) is 0 Å². The quantitative estimate of drug-likeness (QED) is 0.490. The lowest BCUT2D eigenvalue weighted by atomic mass is 9.89. The van der Waals surface area contributed by atoms with Crippen LogP contribution in [0.1, 0.15) is 38.5 Å². The van der Waals surface area contributed by atoms with Gasteiger partial charge in [-0.2, -0.15) is 4.72 Å². The molecule has 2 aromatic carbocycles. The van der Waals surface area contributed by atoms with Gasteiger partial charge in [0, 0.05) is 6.54 Å². The van der Waals surface area contributed by atoms with Crippen molar-refractivity contribution in [3.8, 4) is 0 Å². The monoisotopic (exact) mass is 490 g/mol. The van der Waals surface area contributed by atoms with Gasteiger partial charge in [-0.3, -0.25) is 14.4 Å². The van der Waals surface area contributed by atoms with E-state index in [2.05, 4.69) is 4.72 Å². The first-order chi connectivity index (χ1) is 16.2. The van der Waals surface area contributed by atoms with Gasteiger partial charge in [0.25, 0.3) is 0 Å². The summed E-state index contributed by atoms with van der Waals surface area (Å²) in [7, 11) is -3.02. The van der Waals surface area contributed by atoms with E-state index in [0.29, 0.717) is 5.39 Å². The Bertz CT molecular complexity index is 1140. The number of nitrogens with zero attached hydrogens (tertiary/aromatic N) is 1. The minimum atomic E-state index is -4.22. The predicted octanol–water partition coefficient (Wildman–Crippen LogP) is 2.54. The topological polar surface area (TPSA) is 130 Å². The van der Waals surface area contributed by atoms with E-state index in [9.17, 15) is 27.9 Å². The summed E-state index contributed by atoms with van der Waals surface area (Å²) in [5.41, 5.74) is 0. The number of methoxy groups -OCH3 is 1. The number of hydrogen-bond acceptors (Lipinski definition) is 6. The molecule has 0 radical (unpaired) electrons. The van der Waals surface area contributed by atoms with Crippen molar-refractivity contribution in [1.82, 2.24) is 9.62 Å². The molecule has 0 aliphatic heterocycles. The van der Waals surface area contributed by atoms with Crippen LogP contribution in [0.4, 0.5) is 0 Å². The highest BCUT2D eigenvalue weighted by atomic mass is 32.2. The summed E-state index contributed by atoms with van der Waals surface area (Å²) < 4.78 is 33.2. The fourth-order valence-corrected chi connectivity index (χ4v) is 5.52. The lowest BCUT2D eigenvalue weighted by Gasteiger charge is -2.31. The third-order valence-corrected chi connectivity index (χ3v) is 7.54. The number of carbonyl (C=O) groups excluding carboxylic acids is 2. The van der Waals surface area contributed by atoms with Crippen molar-refractivity contribution in [1.29, 1.82) is 0 Å². The van der Waals surface area contributed by atoms with Gasteiger partial charge in [0.15, 0.2) is 0 Å². The van der Waals surface area contributed by atoms with Gasteiger partial charge in [-0.1, -0.05) is 49.6 Å².